The number of rotatable bonds is 7. The fourth-order valence-corrected chi connectivity index (χ4v) is 1.12. The van der Waals surface area contributed by atoms with Gasteiger partial charge in [0, 0.05) is 19.1 Å². The smallest absolute Gasteiger partial charge is 0.379 e. The van der Waals surface area contributed by atoms with E-state index in [9.17, 15) is 13.2 Å². The highest BCUT2D eigenvalue weighted by Gasteiger charge is 2.31. The van der Waals surface area contributed by atoms with Gasteiger partial charge in [0.15, 0.2) is 0 Å². The molecule has 0 saturated carbocycles. The van der Waals surface area contributed by atoms with Crippen molar-refractivity contribution in [1.29, 1.82) is 0 Å². The monoisotopic (exact) mass is 228 g/mol. The van der Waals surface area contributed by atoms with Gasteiger partial charge in [-0.15, -0.1) is 0 Å². The first-order valence-electron chi connectivity index (χ1n) is 4.95. The van der Waals surface area contributed by atoms with E-state index in [0.717, 1.165) is 0 Å². The minimum Gasteiger partial charge on any atom is -0.379 e. The number of ether oxygens (including phenoxy) is 1. The highest BCUT2D eigenvalue weighted by Crippen LogP contribution is 2.17. The van der Waals surface area contributed by atoms with E-state index in [1.54, 1.807) is 13.8 Å². The first-order chi connectivity index (χ1) is 6.87. The summed E-state index contributed by atoms with van der Waals surface area (Å²) in [6.07, 6.45) is -4.15. The third kappa shape index (κ3) is 8.65. The van der Waals surface area contributed by atoms with Crippen LogP contribution < -0.4 is 5.73 Å². The molecule has 0 aromatic rings. The number of halogens is 3. The molecule has 0 radical (unpaired) electrons. The van der Waals surface area contributed by atoms with Crippen LogP contribution in [0.5, 0.6) is 0 Å². The second-order valence-electron chi connectivity index (χ2n) is 3.58. The van der Waals surface area contributed by atoms with Crippen LogP contribution in [0.25, 0.3) is 0 Å². The lowest BCUT2D eigenvalue weighted by molar-refractivity contribution is -0.151. The fraction of sp³-hybridized carbons (Fsp3) is 1.00. The van der Waals surface area contributed by atoms with E-state index in [0.29, 0.717) is 13.2 Å². The van der Waals surface area contributed by atoms with Crippen molar-refractivity contribution in [2.75, 3.05) is 32.8 Å². The average Bonchev–Trinajstić information content (AvgIpc) is 2.08. The summed E-state index contributed by atoms with van der Waals surface area (Å²) in [4.78, 5) is 1.33. The molecular formula is C9H19F3N2O. The van der Waals surface area contributed by atoms with Crippen LogP contribution in [0.15, 0.2) is 0 Å². The minimum absolute atomic E-state index is 0.145. The van der Waals surface area contributed by atoms with Gasteiger partial charge < -0.3 is 10.5 Å². The molecule has 0 unspecified atom stereocenters. The maximum Gasteiger partial charge on any atom is 0.401 e. The van der Waals surface area contributed by atoms with E-state index in [1.165, 1.54) is 4.90 Å². The maximum atomic E-state index is 12.1. The molecule has 0 fully saturated rings. The first-order valence-corrected chi connectivity index (χ1v) is 4.95. The van der Waals surface area contributed by atoms with Crippen LogP contribution in [-0.2, 0) is 4.74 Å². The summed E-state index contributed by atoms with van der Waals surface area (Å²) in [7, 11) is 0. The topological polar surface area (TPSA) is 38.5 Å². The van der Waals surface area contributed by atoms with Gasteiger partial charge in [0.25, 0.3) is 0 Å². The molecule has 0 aromatic heterocycles. The molecule has 15 heavy (non-hydrogen) atoms. The number of nitrogens with zero attached hydrogens (tertiary/aromatic N) is 1. The van der Waals surface area contributed by atoms with Crippen LogP contribution in [0.3, 0.4) is 0 Å². The lowest BCUT2D eigenvalue weighted by Gasteiger charge is -2.27. The summed E-state index contributed by atoms with van der Waals surface area (Å²) in [5, 5.41) is 0. The maximum absolute atomic E-state index is 12.1. The molecular weight excluding hydrogens is 209 g/mol. The van der Waals surface area contributed by atoms with Gasteiger partial charge in [-0.05, 0) is 13.8 Å². The van der Waals surface area contributed by atoms with E-state index < -0.39 is 12.7 Å². The highest BCUT2D eigenvalue weighted by molar-refractivity contribution is 4.66. The Hall–Kier alpha value is -0.330. The van der Waals surface area contributed by atoms with E-state index in [-0.39, 0.29) is 19.2 Å². The molecule has 0 atom stereocenters. The quantitative estimate of drug-likeness (QED) is 0.666. The molecule has 92 valence electrons. The molecule has 0 aromatic carbocycles. The Morgan fingerprint density at radius 1 is 1.27 bits per heavy atom. The van der Waals surface area contributed by atoms with Crippen LogP contribution in [0.2, 0.25) is 0 Å². The van der Waals surface area contributed by atoms with Gasteiger partial charge in [-0.25, -0.2) is 0 Å². The molecule has 0 aliphatic heterocycles. The van der Waals surface area contributed by atoms with Crippen LogP contribution >= 0.6 is 0 Å². The van der Waals surface area contributed by atoms with E-state index in [2.05, 4.69) is 0 Å². The van der Waals surface area contributed by atoms with Gasteiger partial charge in [0.1, 0.15) is 0 Å². The third-order valence-electron chi connectivity index (χ3n) is 1.90. The molecule has 0 saturated heterocycles. The molecule has 2 N–H and O–H groups in total. The fourth-order valence-electron chi connectivity index (χ4n) is 1.12. The average molecular weight is 228 g/mol. The zero-order valence-electron chi connectivity index (χ0n) is 9.18. The van der Waals surface area contributed by atoms with Crippen LogP contribution in [0.1, 0.15) is 13.8 Å². The van der Waals surface area contributed by atoms with Crippen molar-refractivity contribution in [3.63, 3.8) is 0 Å². The molecule has 0 amide bonds. The summed E-state index contributed by atoms with van der Waals surface area (Å²) in [5.74, 6) is 0. The standard InChI is InChI=1S/C9H19F3N2O/c1-8(2)14(7-9(10,11)12)4-6-15-5-3-13/h8H,3-7,13H2,1-2H3. The number of hydrogen-bond donors (Lipinski definition) is 1. The Morgan fingerprint density at radius 2 is 1.87 bits per heavy atom. The van der Waals surface area contributed by atoms with Crippen LogP contribution in [-0.4, -0.2) is 50.0 Å². The SMILES string of the molecule is CC(C)N(CCOCCN)CC(F)(F)F. The Balaban J connectivity index is 3.84. The van der Waals surface area contributed by atoms with Crippen molar-refractivity contribution in [2.24, 2.45) is 5.73 Å². The van der Waals surface area contributed by atoms with Gasteiger partial charge in [-0.3, -0.25) is 4.90 Å². The molecule has 0 bridgehead atoms. The summed E-state index contributed by atoms with van der Waals surface area (Å²) < 4.78 is 41.5. The van der Waals surface area contributed by atoms with Gasteiger partial charge in [-0.2, -0.15) is 13.2 Å². The number of alkyl halides is 3. The third-order valence-corrected chi connectivity index (χ3v) is 1.90. The largest absolute Gasteiger partial charge is 0.401 e. The first kappa shape index (κ1) is 14.7. The second-order valence-corrected chi connectivity index (χ2v) is 3.58. The molecule has 3 nitrogen and oxygen atoms in total. The lowest BCUT2D eigenvalue weighted by atomic mass is 10.3. The normalized spacial score (nSPS) is 12.8. The molecule has 0 spiro atoms. The van der Waals surface area contributed by atoms with Gasteiger partial charge in [0.05, 0.1) is 19.8 Å². The highest BCUT2D eigenvalue weighted by atomic mass is 19.4. The molecule has 0 heterocycles. The number of nitrogens with two attached hydrogens (primary N) is 1. The summed E-state index contributed by atoms with van der Waals surface area (Å²) in [6.45, 7) is 3.90. The van der Waals surface area contributed by atoms with Crippen molar-refractivity contribution >= 4 is 0 Å². The summed E-state index contributed by atoms with van der Waals surface area (Å²) in [5.41, 5.74) is 5.19. The van der Waals surface area contributed by atoms with Gasteiger partial charge in [0.2, 0.25) is 0 Å². The molecule has 0 aliphatic rings. The minimum atomic E-state index is -4.15. The second kappa shape index (κ2) is 7.03. The zero-order valence-corrected chi connectivity index (χ0v) is 9.18. The van der Waals surface area contributed by atoms with E-state index >= 15 is 0 Å². The predicted octanol–water partition coefficient (Wildman–Crippen LogP) is 1.23. The summed E-state index contributed by atoms with van der Waals surface area (Å²) >= 11 is 0. The Morgan fingerprint density at radius 3 is 2.27 bits per heavy atom. The van der Waals surface area contributed by atoms with Crippen LogP contribution in [0.4, 0.5) is 13.2 Å². The Labute approximate surface area is 88.4 Å². The molecule has 6 heteroatoms. The van der Waals surface area contributed by atoms with Crippen molar-refractivity contribution in [3.8, 4) is 0 Å². The van der Waals surface area contributed by atoms with Crippen LogP contribution in [0, 0.1) is 0 Å². The predicted molar refractivity (Wildman–Crippen MR) is 52.6 cm³/mol. The Kier molecular flexibility index (Phi) is 6.87. The zero-order chi connectivity index (χ0) is 11.9. The lowest BCUT2D eigenvalue weighted by Crippen LogP contribution is -2.41. The van der Waals surface area contributed by atoms with Crippen molar-refractivity contribution < 1.29 is 17.9 Å². The molecule has 0 rings (SSSR count). The summed E-state index contributed by atoms with van der Waals surface area (Å²) in [6, 6.07) is -0.145. The number of hydrogen-bond acceptors (Lipinski definition) is 3. The van der Waals surface area contributed by atoms with Crippen molar-refractivity contribution in [1.82, 2.24) is 4.90 Å². The van der Waals surface area contributed by atoms with Gasteiger partial charge in [-0.1, -0.05) is 0 Å². The van der Waals surface area contributed by atoms with E-state index in [1.807, 2.05) is 0 Å². The van der Waals surface area contributed by atoms with Crippen molar-refractivity contribution in [2.45, 2.75) is 26.1 Å². The van der Waals surface area contributed by atoms with Gasteiger partial charge >= 0.3 is 6.18 Å². The van der Waals surface area contributed by atoms with Crippen molar-refractivity contribution in [3.05, 3.63) is 0 Å². The Bertz CT molecular complexity index is 162. The molecule has 0 aliphatic carbocycles. The van der Waals surface area contributed by atoms with E-state index in [4.69, 9.17) is 10.5 Å².